The van der Waals surface area contributed by atoms with Crippen molar-refractivity contribution in [3.05, 3.63) is 0 Å². The Kier molecular flexibility index (Phi) is 5.35. The highest BCUT2D eigenvalue weighted by molar-refractivity contribution is 7.80. The summed E-state index contributed by atoms with van der Waals surface area (Å²) in [7, 11) is 1.58. The van der Waals surface area contributed by atoms with E-state index in [1.54, 1.807) is 7.11 Å². The fourth-order valence-corrected chi connectivity index (χ4v) is 1.33. The first-order valence-corrected chi connectivity index (χ1v) is 5.74. The largest absolute Gasteiger partial charge is 0.391 e. The lowest BCUT2D eigenvalue weighted by atomic mass is 9.97. The topological polar surface area (TPSA) is 64.3 Å². The van der Waals surface area contributed by atoms with Crippen molar-refractivity contribution in [3.63, 3.8) is 0 Å². The van der Waals surface area contributed by atoms with Crippen LogP contribution in [-0.4, -0.2) is 29.1 Å². The van der Waals surface area contributed by atoms with Crippen LogP contribution in [0.15, 0.2) is 0 Å². The molecule has 0 aromatic rings. The van der Waals surface area contributed by atoms with Gasteiger partial charge in [-0.05, 0) is 27.2 Å². The summed E-state index contributed by atoms with van der Waals surface area (Å²) in [5, 5.41) is 2.85. The summed E-state index contributed by atoms with van der Waals surface area (Å²) >= 11 is 4.95. The molecular formula is C11H22N2O2S. The number of hydrogen-bond donors (Lipinski definition) is 2. The molecule has 1 atom stereocenters. The highest BCUT2D eigenvalue weighted by Crippen LogP contribution is 2.15. The van der Waals surface area contributed by atoms with E-state index in [-0.39, 0.29) is 12.3 Å². The molecule has 0 aliphatic heterocycles. The summed E-state index contributed by atoms with van der Waals surface area (Å²) in [4.78, 5) is 12.1. The van der Waals surface area contributed by atoms with Gasteiger partial charge in [0, 0.05) is 7.11 Å². The third-order valence-corrected chi connectivity index (χ3v) is 3.26. The second-order valence-electron chi connectivity index (χ2n) is 4.74. The molecular weight excluding hydrogens is 224 g/mol. The average molecular weight is 246 g/mol. The van der Waals surface area contributed by atoms with Gasteiger partial charge in [0.05, 0.1) is 22.5 Å². The predicted octanol–water partition coefficient (Wildman–Crippen LogP) is 1.37. The van der Waals surface area contributed by atoms with Crippen LogP contribution in [0.3, 0.4) is 0 Å². The first kappa shape index (κ1) is 15.3. The molecule has 0 saturated carbocycles. The summed E-state index contributed by atoms with van der Waals surface area (Å²) < 4.78 is 5.19. The van der Waals surface area contributed by atoms with Gasteiger partial charge >= 0.3 is 0 Å². The van der Waals surface area contributed by atoms with Gasteiger partial charge in [-0.2, -0.15) is 0 Å². The molecule has 1 amide bonds. The van der Waals surface area contributed by atoms with E-state index >= 15 is 0 Å². The number of methoxy groups -OCH3 is 1. The number of rotatable bonds is 6. The van der Waals surface area contributed by atoms with Crippen LogP contribution in [0.1, 0.15) is 40.5 Å². The molecule has 0 radical (unpaired) electrons. The first-order valence-electron chi connectivity index (χ1n) is 5.33. The Labute approximate surface area is 103 Å². The van der Waals surface area contributed by atoms with Crippen LogP contribution in [0.25, 0.3) is 0 Å². The lowest BCUT2D eigenvalue weighted by Gasteiger charge is -2.30. The minimum Gasteiger partial charge on any atom is -0.391 e. The number of nitrogens with one attached hydrogen (secondary N) is 1. The van der Waals surface area contributed by atoms with Crippen molar-refractivity contribution in [2.24, 2.45) is 5.73 Å². The minimum atomic E-state index is -0.615. The van der Waals surface area contributed by atoms with Crippen molar-refractivity contribution in [2.75, 3.05) is 7.11 Å². The van der Waals surface area contributed by atoms with Crippen LogP contribution in [-0.2, 0) is 9.53 Å². The van der Waals surface area contributed by atoms with E-state index in [0.29, 0.717) is 11.4 Å². The minimum absolute atomic E-state index is 0.107. The zero-order valence-electron chi connectivity index (χ0n) is 10.7. The van der Waals surface area contributed by atoms with Crippen molar-refractivity contribution >= 4 is 23.1 Å². The molecule has 1 unspecified atom stereocenters. The maximum atomic E-state index is 11.8. The molecule has 0 rings (SSSR count). The molecule has 16 heavy (non-hydrogen) atoms. The molecule has 0 saturated heterocycles. The third-order valence-electron chi connectivity index (χ3n) is 2.81. The Morgan fingerprint density at radius 2 is 1.94 bits per heavy atom. The molecule has 0 fully saturated rings. The number of ether oxygens (including phenoxy) is 1. The van der Waals surface area contributed by atoms with Gasteiger partial charge in [-0.25, -0.2) is 0 Å². The molecule has 94 valence electrons. The van der Waals surface area contributed by atoms with E-state index in [1.165, 1.54) is 0 Å². The molecule has 0 spiro atoms. The van der Waals surface area contributed by atoms with Crippen LogP contribution < -0.4 is 11.1 Å². The van der Waals surface area contributed by atoms with E-state index in [1.807, 2.05) is 27.7 Å². The number of hydrogen-bond acceptors (Lipinski definition) is 3. The zero-order chi connectivity index (χ0) is 13.0. The maximum absolute atomic E-state index is 11.8. The number of amides is 1. The Morgan fingerprint density at radius 3 is 2.25 bits per heavy atom. The van der Waals surface area contributed by atoms with Crippen LogP contribution >= 0.6 is 12.2 Å². The monoisotopic (exact) mass is 246 g/mol. The van der Waals surface area contributed by atoms with E-state index in [4.69, 9.17) is 22.7 Å². The van der Waals surface area contributed by atoms with E-state index in [0.717, 1.165) is 0 Å². The first-order chi connectivity index (χ1) is 7.17. The fourth-order valence-electron chi connectivity index (χ4n) is 1.13. The lowest BCUT2D eigenvalue weighted by molar-refractivity contribution is -0.127. The molecule has 0 aliphatic carbocycles. The number of thiocarbonyl (C=S) groups is 1. The molecule has 5 heteroatoms. The van der Waals surface area contributed by atoms with Gasteiger partial charge in [0.1, 0.15) is 0 Å². The second-order valence-corrected chi connectivity index (χ2v) is 5.18. The van der Waals surface area contributed by atoms with E-state index in [2.05, 4.69) is 5.32 Å². The van der Waals surface area contributed by atoms with Crippen molar-refractivity contribution in [2.45, 2.75) is 51.7 Å². The SMILES string of the molecule is CCC(C)(NC(=O)CC(C)(C)OC)C(N)=S. The van der Waals surface area contributed by atoms with Gasteiger partial charge in [-0.1, -0.05) is 19.1 Å². The van der Waals surface area contributed by atoms with Gasteiger partial charge in [-0.3, -0.25) is 4.79 Å². The number of carbonyl (C=O) groups excluding carboxylic acids is 1. The molecule has 0 bridgehead atoms. The molecule has 3 N–H and O–H groups in total. The average Bonchev–Trinajstić information content (AvgIpc) is 2.16. The Bertz CT molecular complexity index is 279. The van der Waals surface area contributed by atoms with Crippen LogP contribution in [0.2, 0.25) is 0 Å². The predicted molar refractivity (Wildman–Crippen MR) is 69.3 cm³/mol. The van der Waals surface area contributed by atoms with Crippen molar-refractivity contribution < 1.29 is 9.53 Å². The molecule has 0 aliphatic rings. The van der Waals surface area contributed by atoms with E-state index in [9.17, 15) is 4.79 Å². The van der Waals surface area contributed by atoms with Gasteiger partial charge in [0.2, 0.25) is 5.91 Å². The summed E-state index contributed by atoms with van der Waals surface area (Å²) in [5.74, 6) is -0.107. The Hall–Kier alpha value is -0.680. The summed E-state index contributed by atoms with van der Waals surface area (Å²) in [6.07, 6.45) is 0.948. The highest BCUT2D eigenvalue weighted by atomic mass is 32.1. The number of carbonyl (C=O) groups is 1. The zero-order valence-corrected chi connectivity index (χ0v) is 11.5. The van der Waals surface area contributed by atoms with Crippen molar-refractivity contribution in [3.8, 4) is 0 Å². The highest BCUT2D eigenvalue weighted by Gasteiger charge is 2.30. The third kappa shape index (κ3) is 4.45. The standard InChI is InChI=1S/C11H22N2O2S/c1-6-11(4,9(12)16)13-8(14)7-10(2,3)15-5/h6-7H2,1-5H3,(H2,12,16)(H,13,14). The quantitative estimate of drug-likeness (QED) is 0.695. The summed E-state index contributed by atoms with van der Waals surface area (Å²) in [6, 6.07) is 0. The van der Waals surface area contributed by atoms with Crippen molar-refractivity contribution in [1.29, 1.82) is 0 Å². The van der Waals surface area contributed by atoms with Gasteiger partial charge in [0.25, 0.3) is 0 Å². The molecule has 0 heterocycles. The molecule has 0 aromatic carbocycles. The van der Waals surface area contributed by atoms with E-state index < -0.39 is 11.1 Å². The van der Waals surface area contributed by atoms with Crippen LogP contribution in [0.4, 0.5) is 0 Å². The van der Waals surface area contributed by atoms with Gasteiger partial charge in [-0.15, -0.1) is 0 Å². The number of nitrogens with two attached hydrogens (primary N) is 1. The summed E-state index contributed by atoms with van der Waals surface area (Å²) in [6.45, 7) is 7.47. The van der Waals surface area contributed by atoms with Crippen LogP contribution in [0, 0.1) is 0 Å². The lowest BCUT2D eigenvalue weighted by Crippen LogP contribution is -2.55. The molecule has 0 aromatic heterocycles. The summed E-state index contributed by atoms with van der Waals surface area (Å²) in [5.41, 5.74) is 4.52. The maximum Gasteiger partial charge on any atom is 0.223 e. The normalized spacial score (nSPS) is 15.3. The fraction of sp³-hybridized carbons (Fsp3) is 0.818. The smallest absolute Gasteiger partial charge is 0.223 e. The Balaban J connectivity index is 4.50. The van der Waals surface area contributed by atoms with Gasteiger partial charge < -0.3 is 15.8 Å². The Morgan fingerprint density at radius 1 is 1.44 bits per heavy atom. The molecule has 4 nitrogen and oxygen atoms in total. The van der Waals surface area contributed by atoms with Crippen LogP contribution in [0.5, 0.6) is 0 Å². The van der Waals surface area contributed by atoms with Gasteiger partial charge in [0.15, 0.2) is 0 Å². The van der Waals surface area contributed by atoms with Crippen molar-refractivity contribution in [1.82, 2.24) is 5.32 Å². The second kappa shape index (κ2) is 5.59.